The fraction of sp³-hybridized carbons (Fsp3) is 0.571. The number of halogens is 3. The van der Waals surface area contributed by atoms with Crippen LogP contribution in [-0.2, 0) is 15.9 Å². The maximum atomic E-state index is 14.3. The van der Waals surface area contributed by atoms with E-state index in [-0.39, 0.29) is 21.8 Å². The van der Waals surface area contributed by atoms with Crippen molar-refractivity contribution in [3.8, 4) is 0 Å². The van der Waals surface area contributed by atoms with Crippen molar-refractivity contribution in [2.45, 2.75) is 37.5 Å². The van der Waals surface area contributed by atoms with Crippen molar-refractivity contribution in [1.82, 2.24) is 4.31 Å². The Morgan fingerprint density at radius 1 is 1.33 bits per heavy atom. The van der Waals surface area contributed by atoms with Crippen molar-refractivity contribution in [3.05, 3.63) is 28.0 Å². The quantitative estimate of drug-likeness (QED) is 0.718. The van der Waals surface area contributed by atoms with E-state index >= 15 is 0 Å². The van der Waals surface area contributed by atoms with E-state index in [2.05, 4.69) is 29.8 Å². The molecule has 1 heterocycles. The Kier molecular flexibility index (Phi) is 5.03. The predicted octanol–water partition coefficient (Wildman–Crippen LogP) is 4.14. The van der Waals surface area contributed by atoms with Crippen molar-refractivity contribution >= 4 is 37.6 Å². The van der Waals surface area contributed by atoms with Crippen LogP contribution >= 0.6 is 27.5 Å². The number of rotatable bonds is 3. The lowest BCUT2D eigenvalue weighted by Gasteiger charge is -2.36. The fourth-order valence-corrected chi connectivity index (χ4v) is 4.80. The fourth-order valence-electron chi connectivity index (χ4n) is 2.37. The molecule has 0 bridgehead atoms. The third kappa shape index (κ3) is 3.60. The maximum Gasteiger partial charge on any atom is 0.246 e. The molecule has 0 unspecified atom stereocenters. The summed E-state index contributed by atoms with van der Waals surface area (Å²) in [5, 5.41) is 0. The van der Waals surface area contributed by atoms with Crippen LogP contribution in [0.25, 0.3) is 0 Å². The SMILES string of the molecule is CC1(C)CCN(S(=O)(=O)c2cc(Br)cc(CCl)c2F)CC1. The molecule has 0 atom stereocenters. The number of sulfonamides is 1. The van der Waals surface area contributed by atoms with Crippen LogP contribution < -0.4 is 0 Å². The Labute approximate surface area is 138 Å². The Morgan fingerprint density at radius 3 is 2.43 bits per heavy atom. The van der Waals surface area contributed by atoms with Gasteiger partial charge in [0, 0.05) is 23.1 Å². The van der Waals surface area contributed by atoms with E-state index in [1.165, 1.54) is 16.4 Å². The largest absolute Gasteiger partial charge is 0.246 e. The molecule has 0 N–H and O–H groups in total. The van der Waals surface area contributed by atoms with Gasteiger partial charge in [0.2, 0.25) is 10.0 Å². The smallest absolute Gasteiger partial charge is 0.207 e. The molecule has 118 valence electrons. The van der Waals surface area contributed by atoms with Gasteiger partial charge in [-0.2, -0.15) is 4.31 Å². The minimum atomic E-state index is -3.83. The van der Waals surface area contributed by atoms with Crippen molar-refractivity contribution in [1.29, 1.82) is 0 Å². The molecule has 0 radical (unpaired) electrons. The molecule has 1 aromatic rings. The third-order valence-electron chi connectivity index (χ3n) is 3.92. The Hall–Kier alpha value is -0.170. The lowest BCUT2D eigenvalue weighted by Crippen LogP contribution is -2.41. The first-order valence-corrected chi connectivity index (χ1v) is 9.48. The van der Waals surface area contributed by atoms with Crippen LogP contribution in [0.1, 0.15) is 32.3 Å². The first kappa shape index (κ1) is 17.2. The zero-order chi connectivity index (χ0) is 15.8. The van der Waals surface area contributed by atoms with Crippen molar-refractivity contribution in [2.75, 3.05) is 13.1 Å². The molecule has 0 aromatic heterocycles. The highest BCUT2D eigenvalue weighted by molar-refractivity contribution is 9.10. The molecule has 0 amide bonds. The van der Waals surface area contributed by atoms with Crippen molar-refractivity contribution in [2.24, 2.45) is 5.41 Å². The average molecular weight is 399 g/mol. The summed E-state index contributed by atoms with van der Waals surface area (Å²) in [6.45, 7) is 5.06. The summed E-state index contributed by atoms with van der Waals surface area (Å²) in [6.07, 6.45) is 1.54. The van der Waals surface area contributed by atoms with E-state index in [9.17, 15) is 12.8 Å². The second kappa shape index (κ2) is 6.14. The first-order valence-electron chi connectivity index (χ1n) is 6.71. The molecule has 0 saturated carbocycles. The van der Waals surface area contributed by atoms with Crippen LogP contribution in [0, 0.1) is 11.2 Å². The van der Waals surface area contributed by atoms with E-state index in [4.69, 9.17) is 11.6 Å². The molecule has 3 nitrogen and oxygen atoms in total. The monoisotopic (exact) mass is 397 g/mol. The summed E-state index contributed by atoms with van der Waals surface area (Å²) < 4.78 is 41.5. The summed E-state index contributed by atoms with van der Waals surface area (Å²) in [7, 11) is -3.83. The van der Waals surface area contributed by atoms with Gasteiger partial charge in [-0.3, -0.25) is 0 Å². The molecule has 1 aliphatic rings. The second-order valence-electron chi connectivity index (χ2n) is 6.08. The molecule has 1 fully saturated rings. The van der Waals surface area contributed by atoms with Gasteiger partial charge in [-0.05, 0) is 30.4 Å². The molecule has 21 heavy (non-hydrogen) atoms. The van der Waals surface area contributed by atoms with Crippen LogP contribution in [0.15, 0.2) is 21.5 Å². The van der Waals surface area contributed by atoms with E-state index < -0.39 is 15.8 Å². The summed E-state index contributed by atoms with van der Waals surface area (Å²) in [5.41, 5.74) is 0.310. The summed E-state index contributed by atoms with van der Waals surface area (Å²) in [6, 6.07) is 2.81. The van der Waals surface area contributed by atoms with Gasteiger partial charge < -0.3 is 0 Å². The van der Waals surface area contributed by atoms with Gasteiger partial charge in [0.25, 0.3) is 0 Å². The number of alkyl halides is 1. The normalized spacial score (nSPS) is 19.7. The highest BCUT2D eigenvalue weighted by atomic mass is 79.9. The van der Waals surface area contributed by atoms with Gasteiger partial charge in [-0.15, -0.1) is 11.6 Å². The molecule has 1 saturated heterocycles. The summed E-state index contributed by atoms with van der Waals surface area (Å²) in [5.74, 6) is -0.820. The number of piperidine rings is 1. The molecule has 7 heteroatoms. The maximum absolute atomic E-state index is 14.3. The standard InChI is InChI=1S/C14H18BrClFNO2S/c1-14(2)3-5-18(6-4-14)21(19,20)12-8-11(15)7-10(9-16)13(12)17/h7-8H,3-6,9H2,1-2H3. The lowest BCUT2D eigenvalue weighted by molar-refractivity contribution is 0.195. The lowest BCUT2D eigenvalue weighted by atomic mass is 9.83. The van der Waals surface area contributed by atoms with Gasteiger partial charge in [-0.1, -0.05) is 29.8 Å². The zero-order valence-corrected chi connectivity index (χ0v) is 15.2. The zero-order valence-electron chi connectivity index (χ0n) is 12.0. The van der Waals surface area contributed by atoms with Gasteiger partial charge in [0.1, 0.15) is 10.7 Å². The predicted molar refractivity (Wildman–Crippen MR) is 85.4 cm³/mol. The van der Waals surface area contributed by atoms with E-state index in [1.807, 2.05) is 0 Å². The number of hydrogen-bond donors (Lipinski definition) is 0. The van der Waals surface area contributed by atoms with Crippen LogP contribution in [0.5, 0.6) is 0 Å². The van der Waals surface area contributed by atoms with Crippen LogP contribution in [0.2, 0.25) is 0 Å². The molecule has 0 aliphatic carbocycles. The Bertz CT molecular complexity index is 639. The van der Waals surface area contributed by atoms with Gasteiger partial charge in [0.15, 0.2) is 0 Å². The molecule has 1 aliphatic heterocycles. The molecular weight excluding hydrogens is 381 g/mol. The Balaban J connectivity index is 2.39. The van der Waals surface area contributed by atoms with Gasteiger partial charge >= 0.3 is 0 Å². The third-order valence-corrected chi connectivity index (χ3v) is 6.56. The number of nitrogens with zero attached hydrogens (tertiary/aromatic N) is 1. The minimum Gasteiger partial charge on any atom is -0.207 e. The highest BCUT2D eigenvalue weighted by Gasteiger charge is 2.34. The van der Waals surface area contributed by atoms with E-state index in [0.717, 1.165) is 12.8 Å². The molecule has 1 aromatic carbocycles. The Morgan fingerprint density at radius 2 is 1.90 bits per heavy atom. The molecule has 2 rings (SSSR count). The molecule has 0 spiro atoms. The summed E-state index contributed by atoms with van der Waals surface area (Å²) >= 11 is 8.89. The molecular formula is C14H18BrClFNO2S. The van der Waals surface area contributed by atoms with Gasteiger partial charge in [0.05, 0.1) is 5.88 Å². The first-order chi connectivity index (χ1) is 9.67. The topological polar surface area (TPSA) is 37.4 Å². The number of benzene rings is 1. The van der Waals surface area contributed by atoms with Gasteiger partial charge in [-0.25, -0.2) is 12.8 Å². The second-order valence-corrected chi connectivity index (χ2v) is 9.17. The highest BCUT2D eigenvalue weighted by Crippen LogP contribution is 2.34. The van der Waals surface area contributed by atoms with E-state index in [1.54, 1.807) is 0 Å². The minimum absolute atomic E-state index is 0.0686. The average Bonchev–Trinajstić information content (AvgIpc) is 2.40. The van der Waals surface area contributed by atoms with E-state index in [0.29, 0.717) is 17.6 Å². The van der Waals surface area contributed by atoms with Crippen LogP contribution in [-0.4, -0.2) is 25.8 Å². The number of hydrogen-bond acceptors (Lipinski definition) is 2. The van der Waals surface area contributed by atoms with Crippen molar-refractivity contribution < 1.29 is 12.8 Å². The van der Waals surface area contributed by atoms with Crippen LogP contribution in [0.4, 0.5) is 4.39 Å². The summed E-state index contributed by atoms with van der Waals surface area (Å²) in [4.78, 5) is -0.299. The van der Waals surface area contributed by atoms with Crippen LogP contribution in [0.3, 0.4) is 0 Å². The van der Waals surface area contributed by atoms with Crippen molar-refractivity contribution in [3.63, 3.8) is 0 Å².